The third-order valence-electron chi connectivity index (χ3n) is 4.52. The highest BCUT2D eigenvalue weighted by molar-refractivity contribution is 14.0. The number of ether oxygens (including phenoxy) is 1. The third-order valence-corrected chi connectivity index (χ3v) is 4.52. The van der Waals surface area contributed by atoms with Crippen molar-refractivity contribution in [1.82, 2.24) is 4.98 Å². The topological polar surface area (TPSA) is 121 Å². The Kier molecular flexibility index (Phi) is 5.84. The summed E-state index contributed by atoms with van der Waals surface area (Å²) in [7, 11) is 0. The summed E-state index contributed by atoms with van der Waals surface area (Å²) >= 11 is 0. The van der Waals surface area contributed by atoms with E-state index in [2.05, 4.69) is 16.4 Å². The first-order valence-electron chi connectivity index (χ1n) is 8.46. The van der Waals surface area contributed by atoms with E-state index < -0.39 is 0 Å². The van der Waals surface area contributed by atoms with Gasteiger partial charge in [-0.2, -0.15) is 5.26 Å². The predicted molar refractivity (Wildman–Crippen MR) is 121 cm³/mol. The Morgan fingerprint density at radius 1 is 1.32 bits per heavy atom. The van der Waals surface area contributed by atoms with Crippen molar-refractivity contribution < 1.29 is 12.0 Å². The molecule has 1 atom stereocenters. The van der Waals surface area contributed by atoms with E-state index in [1.807, 2.05) is 18.2 Å². The van der Waals surface area contributed by atoms with Crippen LogP contribution in [0.15, 0.2) is 53.4 Å². The van der Waals surface area contributed by atoms with E-state index in [4.69, 9.17) is 25.6 Å². The standard InChI is InChI=1S/C20H17N5O2.HI.2H2/c21-9-12-1-3-14-17(5-6-26-18(14)7-12)25-13-2-4-16(22)15(8-13)20(23)19-10-24-11-27-19;;;/h1-4,7-8,10-11,17,23,25H,5-6,22H2;3*1H. The van der Waals surface area contributed by atoms with Crippen molar-refractivity contribution in [2.45, 2.75) is 12.5 Å². The van der Waals surface area contributed by atoms with Crippen LogP contribution in [0.4, 0.5) is 11.4 Å². The molecule has 0 aliphatic carbocycles. The molecule has 2 heterocycles. The maximum absolute atomic E-state index is 9.06. The zero-order valence-electron chi connectivity index (χ0n) is 14.8. The van der Waals surface area contributed by atoms with E-state index in [-0.39, 0.29) is 38.6 Å². The average Bonchev–Trinajstić information content (AvgIpc) is 3.23. The fraction of sp³-hybridized carbons (Fsp3) is 0.150. The van der Waals surface area contributed by atoms with E-state index in [1.165, 1.54) is 12.6 Å². The fourth-order valence-electron chi connectivity index (χ4n) is 3.14. The van der Waals surface area contributed by atoms with Gasteiger partial charge in [-0.3, -0.25) is 5.41 Å². The van der Waals surface area contributed by atoms with E-state index in [1.54, 1.807) is 18.2 Å². The molecule has 0 bridgehead atoms. The minimum Gasteiger partial charge on any atom is -0.493 e. The normalized spacial score (nSPS) is 14.8. The van der Waals surface area contributed by atoms with Crippen LogP contribution in [0.5, 0.6) is 5.75 Å². The van der Waals surface area contributed by atoms with Crippen LogP contribution in [0.1, 0.15) is 37.8 Å². The Labute approximate surface area is 182 Å². The quantitative estimate of drug-likeness (QED) is 0.279. The van der Waals surface area contributed by atoms with E-state index >= 15 is 0 Å². The van der Waals surface area contributed by atoms with Crippen LogP contribution < -0.4 is 15.8 Å². The lowest BCUT2D eigenvalue weighted by Crippen LogP contribution is -2.20. The monoisotopic (exact) mass is 491 g/mol. The number of oxazole rings is 1. The van der Waals surface area contributed by atoms with Crippen LogP contribution in [0.2, 0.25) is 0 Å². The number of halogens is 1. The summed E-state index contributed by atoms with van der Waals surface area (Å²) in [5.41, 5.74) is 9.72. The van der Waals surface area contributed by atoms with Gasteiger partial charge in [-0.25, -0.2) is 4.98 Å². The van der Waals surface area contributed by atoms with Crippen LogP contribution in [0, 0.1) is 16.7 Å². The number of benzene rings is 2. The van der Waals surface area contributed by atoms with Gasteiger partial charge >= 0.3 is 0 Å². The van der Waals surface area contributed by atoms with Crippen LogP contribution in [-0.2, 0) is 0 Å². The summed E-state index contributed by atoms with van der Waals surface area (Å²) < 4.78 is 10.9. The predicted octanol–water partition coefficient (Wildman–Crippen LogP) is 4.59. The van der Waals surface area contributed by atoms with Crippen LogP contribution >= 0.6 is 24.0 Å². The molecule has 0 fully saturated rings. The van der Waals surface area contributed by atoms with Gasteiger partial charge in [0.05, 0.1) is 30.5 Å². The first-order chi connectivity index (χ1) is 13.2. The Balaban J connectivity index is 0.00000150. The van der Waals surface area contributed by atoms with Gasteiger partial charge in [0.15, 0.2) is 12.2 Å². The zero-order valence-corrected chi connectivity index (χ0v) is 17.1. The highest BCUT2D eigenvalue weighted by atomic mass is 127. The summed E-state index contributed by atoms with van der Waals surface area (Å²) in [6, 6.07) is 13.1. The molecule has 0 saturated heterocycles. The summed E-state index contributed by atoms with van der Waals surface area (Å²) in [6.07, 6.45) is 3.57. The van der Waals surface area contributed by atoms with Crippen molar-refractivity contribution in [2.75, 3.05) is 17.7 Å². The summed E-state index contributed by atoms with van der Waals surface area (Å²) in [5.74, 6) is 1.09. The molecule has 2 aromatic carbocycles. The molecular weight excluding hydrogens is 469 g/mol. The lowest BCUT2D eigenvalue weighted by atomic mass is 9.98. The van der Waals surface area contributed by atoms with Gasteiger partial charge in [0.25, 0.3) is 0 Å². The third kappa shape index (κ3) is 3.80. The zero-order chi connectivity index (χ0) is 18.8. The minimum atomic E-state index is 0. The number of hydrogen-bond donors (Lipinski definition) is 3. The Hall–Kier alpha value is -3.06. The summed E-state index contributed by atoms with van der Waals surface area (Å²) in [6.45, 7) is 0.565. The van der Waals surface area contributed by atoms with Gasteiger partial charge in [0, 0.05) is 31.8 Å². The Bertz CT molecular complexity index is 1050. The van der Waals surface area contributed by atoms with Gasteiger partial charge in [0.1, 0.15) is 11.5 Å². The molecule has 1 unspecified atom stereocenters. The second-order valence-corrected chi connectivity index (χ2v) is 6.24. The number of nitrogens with one attached hydrogen (secondary N) is 2. The van der Waals surface area contributed by atoms with E-state index in [0.29, 0.717) is 29.2 Å². The van der Waals surface area contributed by atoms with Crippen molar-refractivity contribution in [3.05, 3.63) is 71.4 Å². The van der Waals surface area contributed by atoms with Gasteiger partial charge in [0.2, 0.25) is 0 Å². The number of fused-ring (bicyclic) bond motifs is 1. The van der Waals surface area contributed by atoms with Crippen molar-refractivity contribution in [1.29, 1.82) is 10.7 Å². The molecule has 1 aliphatic rings. The fourth-order valence-corrected chi connectivity index (χ4v) is 3.14. The first-order valence-corrected chi connectivity index (χ1v) is 8.46. The molecule has 0 radical (unpaired) electrons. The lowest BCUT2D eigenvalue weighted by Gasteiger charge is -2.28. The minimum absolute atomic E-state index is 0. The van der Waals surface area contributed by atoms with Crippen molar-refractivity contribution >= 4 is 41.1 Å². The summed E-state index contributed by atoms with van der Waals surface area (Å²) in [4.78, 5) is 3.85. The highest BCUT2D eigenvalue weighted by Gasteiger charge is 2.22. The van der Waals surface area contributed by atoms with Crippen molar-refractivity contribution in [3.8, 4) is 11.8 Å². The number of hydrogen-bond acceptors (Lipinski definition) is 7. The Morgan fingerprint density at radius 3 is 2.93 bits per heavy atom. The van der Waals surface area contributed by atoms with Crippen molar-refractivity contribution in [2.24, 2.45) is 0 Å². The summed E-state index contributed by atoms with van der Waals surface area (Å²) in [5, 5.41) is 20.9. The first kappa shape index (κ1) is 19.7. The molecule has 1 aromatic heterocycles. The van der Waals surface area contributed by atoms with Crippen molar-refractivity contribution in [3.63, 3.8) is 0 Å². The van der Waals surface area contributed by atoms with Crippen LogP contribution in [-0.4, -0.2) is 17.3 Å². The molecule has 3 aromatic rings. The number of aromatic nitrogens is 1. The number of anilines is 2. The molecule has 8 heteroatoms. The molecule has 4 N–H and O–H groups in total. The number of nitriles is 1. The van der Waals surface area contributed by atoms with Gasteiger partial charge in [-0.15, -0.1) is 24.0 Å². The van der Waals surface area contributed by atoms with Crippen LogP contribution in [0.25, 0.3) is 0 Å². The largest absolute Gasteiger partial charge is 0.493 e. The Morgan fingerprint density at radius 2 is 2.18 bits per heavy atom. The SMILES string of the molecule is I.N#Cc1ccc2c(c1)OCCC2Nc1ccc(N)c(C(=N)c2cnco2)c1.[HH].[HH]. The second kappa shape index (κ2) is 8.31. The maximum atomic E-state index is 9.06. The molecular formula is C20H22IN5O2. The van der Waals surface area contributed by atoms with E-state index in [0.717, 1.165) is 23.4 Å². The molecule has 0 spiro atoms. The van der Waals surface area contributed by atoms with Gasteiger partial charge < -0.3 is 20.2 Å². The number of nitrogens with two attached hydrogens (primary N) is 1. The molecule has 0 amide bonds. The number of nitrogens with zero attached hydrogens (tertiary/aromatic N) is 2. The van der Waals surface area contributed by atoms with Crippen LogP contribution in [0.3, 0.4) is 0 Å². The van der Waals surface area contributed by atoms with Gasteiger partial charge in [-0.05, 0) is 30.3 Å². The molecule has 1 aliphatic heterocycles. The molecule has 7 nitrogen and oxygen atoms in total. The molecule has 0 saturated carbocycles. The maximum Gasteiger partial charge on any atom is 0.181 e. The lowest BCUT2D eigenvalue weighted by molar-refractivity contribution is 0.274. The molecule has 4 rings (SSSR count). The number of rotatable bonds is 4. The smallest absolute Gasteiger partial charge is 0.181 e. The molecule has 28 heavy (non-hydrogen) atoms. The van der Waals surface area contributed by atoms with E-state index in [9.17, 15) is 0 Å². The van der Waals surface area contributed by atoms with Gasteiger partial charge in [-0.1, -0.05) is 6.07 Å². The average molecular weight is 491 g/mol. The second-order valence-electron chi connectivity index (χ2n) is 6.24. The molecule has 146 valence electrons. The highest BCUT2D eigenvalue weighted by Crippen LogP contribution is 2.35. The number of nitrogen functional groups attached to an aromatic ring is 1.